The average molecular weight is 505 g/mol. The van der Waals surface area contributed by atoms with Crippen LogP contribution >= 0.6 is 0 Å². The summed E-state index contributed by atoms with van der Waals surface area (Å²) in [5, 5.41) is 0.504. The molecule has 6 heteroatoms. The molecule has 37 heavy (non-hydrogen) atoms. The molecule has 6 nitrogen and oxygen atoms in total. The van der Waals surface area contributed by atoms with Crippen molar-refractivity contribution >= 4 is 16.9 Å². The van der Waals surface area contributed by atoms with Gasteiger partial charge in [0.1, 0.15) is 11.3 Å². The molecule has 0 spiro atoms. The van der Waals surface area contributed by atoms with Crippen LogP contribution in [0.25, 0.3) is 11.0 Å². The number of nitrogens with zero attached hydrogens (tertiary/aromatic N) is 2. The topological polar surface area (TPSA) is 63.0 Å². The number of hydrogen-bond donors (Lipinski definition) is 0. The third-order valence-corrected chi connectivity index (χ3v) is 7.05. The predicted octanol–water partition coefficient (Wildman–Crippen LogP) is 6.42. The number of carbonyl (C=O) groups excluding carboxylic acids is 1. The van der Waals surface area contributed by atoms with Crippen molar-refractivity contribution in [3.63, 3.8) is 0 Å². The van der Waals surface area contributed by atoms with Crippen LogP contribution in [0.3, 0.4) is 0 Å². The third kappa shape index (κ3) is 6.07. The summed E-state index contributed by atoms with van der Waals surface area (Å²) in [4.78, 5) is 31.7. The smallest absolute Gasteiger partial charge is 0.290 e. The Morgan fingerprint density at radius 1 is 0.892 bits per heavy atom. The second kappa shape index (κ2) is 12.9. The molecule has 0 aliphatic carbocycles. The molecule has 198 valence electrons. The third-order valence-electron chi connectivity index (χ3n) is 7.05. The standard InChI is InChI=1S/C31H40N2O4/c1-4-7-17-32(18-8-5-2)19-12-20-33-28(23-13-11-14-24(22-23)36-21-6-3)27-29(34)25-15-9-10-16-26(25)37-30(27)31(33)35/h9-11,13-16,22,28H,4-8,12,17-21H2,1-3H3. The number of ether oxygens (including phenoxy) is 1. The van der Waals surface area contributed by atoms with E-state index in [1.54, 1.807) is 12.1 Å². The van der Waals surface area contributed by atoms with E-state index in [4.69, 9.17) is 9.15 Å². The van der Waals surface area contributed by atoms with Crippen LogP contribution in [0.15, 0.2) is 57.7 Å². The van der Waals surface area contributed by atoms with Crippen LogP contribution in [0.1, 0.15) is 87.0 Å². The molecule has 2 heterocycles. The molecule has 1 amide bonds. The first-order valence-corrected chi connectivity index (χ1v) is 13.9. The van der Waals surface area contributed by atoms with Gasteiger partial charge in [0.05, 0.1) is 23.6 Å². The maximum Gasteiger partial charge on any atom is 0.290 e. The Labute approximate surface area is 220 Å². The Balaban J connectivity index is 1.67. The fourth-order valence-corrected chi connectivity index (χ4v) is 5.10. The van der Waals surface area contributed by atoms with Crippen LogP contribution in [0.4, 0.5) is 0 Å². The Kier molecular flexibility index (Phi) is 9.40. The van der Waals surface area contributed by atoms with Crippen molar-refractivity contribution in [2.45, 2.75) is 65.3 Å². The number of para-hydroxylation sites is 1. The maximum atomic E-state index is 13.7. The molecule has 1 atom stereocenters. The lowest BCUT2D eigenvalue weighted by atomic mass is 9.98. The molecule has 1 aromatic heterocycles. The summed E-state index contributed by atoms with van der Waals surface area (Å²) in [7, 11) is 0. The van der Waals surface area contributed by atoms with E-state index in [9.17, 15) is 9.59 Å². The van der Waals surface area contributed by atoms with Crippen LogP contribution < -0.4 is 10.2 Å². The number of unbranched alkanes of at least 4 members (excludes halogenated alkanes) is 2. The lowest BCUT2D eigenvalue weighted by Crippen LogP contribution is -2.34. The Hall–Kier alpha value is -3.12. The Bertz CT molecular complexity index is 1240. The fourth-order valence-electron chi connectivity index (χ4n) is 5.10. The summed E-state index contributed by atoms with van der Waals surface area (Å²) in [5.74, 6) is 0.703. The minimum Gasteiger partial charge on any atom is -0.494 e. The molecular formula is C31H40N2O4. The van der Waals surface area contributed by atoms with E-state index in [1.807, 2.05) is 41.3 Å². The molecule has 1 aliphatic heterocycles. The summed E-state index contributed by atoms with van der Waals surface area (Å²) in [6.07, 6.45) is 6.43. The van der Waals surface area contributed by atoms with Crippen molar-refractivity contribution in [3.05, 3.63) is 75.6 Å². The van der Waals surface area contributed by atoms with Gasteiger partial charge in [0, 0.05) is 6.54 Å². The zero-order valence-corrected chi connectivity index (χ0v) is 22.5. The molecule has 4 rings (SSSR count). The second-order valence-corrected chi connectivity index (χ2v) is 9.89. The second-order valence-electron chi connectivity index (χ2n) is 9.89. The molecular weight excluding hydrogens is 464 g/mol. The molecule has 1 unspecified atom stereocenters. The molecule has 0 saturated heterocycles. The van der Waals surface area contributed by atoms with Crippen LogP contribution in [0.5, 0.6) is 5.75 Å². The van der Waals surface area contributed by atoms with Crippen molar-refractivity contribution in [2.75, 3.05) is 32.8 Å². The zero-order valence-electron chi connectivity index (χ0n) is 22.5. The van der Waals surface area contributed by atoms with Gasteiger partial charge in [0.25, 0.3) is 5.91 Å². The van der Waals surface area contributed by atoms with Gasteiger partial charge in [-0.3, -0.25) is 9.59 Å². The maximum absolute atomic E-state index is 13.7. The van der Waals surface area contributed by atoms with E-state index in [-0.39, 0.29) is 17.1 Å². The number of fused-ring (bicyclic) bond motifs is 2. The SMILES string of the molecule is CCCCN(CCCC)CCCN1C(=O)c2oc3ccccc3c(=O)c2C1c1cccc(OCCC)c1. The Morgan fingerprint density at radius 3 is 2.35 bits per heavy atom. The lowest BCUT2D eigenvalue weighted by molar-refractivity contribution is 0.0719. The van der Waals surface area contributed by atoms with E-state index >= 15 is 0 Å². The van der Waals surface area contributed by atoms with Crippen molar-refractivity contribution in [1.29, 1.82) is 0 Å². The van der Waals surface area contributed by atoms with E-state index in [2.05, 4.69) is 25.7 Å². The first-order valence-electron chi connectivity index (χ1n) is 13.9. The van der Waals surface area contributed by atoms with Crippen molar-refractivity contribution in [3.8, 4) is 5.75 Å². The Morgan fingerprint density at radius 2 is 1.62 bits per heavy atom. The van der Waals surface area contributed by atoms with Gasteiger partial charge in [-0.05, 0) is 75.1 Å². The number of hydrogen-bond acceptors (Lipinski definition) is 5. The van der Waals surface area contributed by atoms with Gasteiger partial charge in [-0.1, -0.05) is 57.9 Å². The van der Waals surface area contributed by atoms with Crippen LogP contribution in [-0.2, 0) is 0 Å². The molecule has 0 saturated carbocycles. The van der Waals surface area contributed by atoms with E-state index in [1.165, 1.54) is 25.7 Å². The predicted molar refractivity (Wildman–Crippen MR) is 148 cm³/mol. The van der Waals surface area contributed by atoms with Crippen LogP contribution in [0.2, 0.25) is 0 Å². The van der Waals surface area contributed by atoms with Crippen LogP contribution in [-0.4, -0.2) is 48.5 Å². The molecule has 0 fully saturated rings. The first-order chi connectivity index (χ1) is 18.1. The molecule has 0 N–H and O–H groups in total. The quantitative estimate of drug-likeness (QED) is 0.254. The molecule has 0 radical (unpaired) electrons. The van der Waals surface area contributed by atoms with Crippen LogP contribution in [0, 0.1) is 0 Å². The highest BCUT2D eigenvalue weighted by atomic mass is 16.5. The summed E-state index contributed by atoms with van der Waals surface area (Å²) < 4.78 is 12.0. The fraction of sp³-hybridized carbons (Fsp3) is 0.484. The van der Waals surface area contributed by atoms with Gasteiger partial charge in [-0.15, -0.1) is 0 Å². The molecule has 0 bridgehead atoms. The minimum atomic E-state index is -0.492. The van der Waals surface area contributed by atoms with Gasteiger partial charge in [-0.2, -0.15) is 0 Å². The van der Waals surface area contributed by atoms with Crippen molar-refractivity contribution < 1.29 is 13.9 Å². The van der Waals surface area contributed by atoms with Gasteiger partial charge in [0.15, 0.2) is 5.43 Å². The number of rotatable bonds is 14. The summed E-state index contributed by atoms with van der Waals surface area (Å²) in [6, 6.07) is 14.5. The monoisotopic (exact) mass is 504 g/mol. The highest BCUT2D eigenvalue weighted by Gasteiger charge is 2.42. The lowest BCUT2D eigenvalue weighted by Gasteiger charge is -2.27. The summed E-state index contributed by atoms with van der Waals surface area (Å²) in [5.41, 5.74) is 1.62. The van der Waals surface area contributed by atoms with Gasteiger partial charge >= 0.3 is 0 Å². The minimum absolute atomic E-state index is 0.134. The normalized spacial score (nSPS) is 15.1. The highest BCUT2D eigenvalue weighted by Crippen LogP contribution is 2.39. The van der Waals surface area contributed by atoms with Gasteiger partial charge in [-0.25, -0.2) is 0 Å². The summed E-state index contributed by atoms with van der Waals surface area (Å²) in [6.45, 7) is 10.8. The molecule has 1 aliphatic rings. The van der Waals surface area contributed by atoms with Crippen molar-refractivity contribution in [2.24, 2.45) is 0 Å². The highest BCUT2D eigenvalue weighted by molar-refractivity contribution is 5.99. The van der Waals surface area contributed by atoms with E-state index in [0.29, 0.717) is 29.7 Å². The first kappa shape index (κ1) is 26.9. The van der Waals surface area contributed by atoms with E-state index < -0.39 is 6.04 Å². The zero-order chi connectivity index (χ0) is 26.2. The number of amides is 1. The largest absolute Gasteiger partial charge is 0.494 e. The number of benzene rings is 2. The van der Waals surface area contributed by atoms with Gasteiger partial charge in [0.2, 0.25) is 5.76 Å². The van der Waals surface area contributed by atoms with Gasteiger partial charge < -0.3 is 19.0 Å². The number of carbonyl (C=O) groups is 1. The molecule has 2 aromatic carbocycles. The summed E-state index contributed by atoms with van der Waals surface area (Å²) >= 11 is 0. The average Bonchev–Trinajstić information content (AvgIpc) is 3.20. The molecule has 3 aromatic rings. The van der Waals surface area contributed by atoms with E-state index in [0.717, 1.165) is 43.8 Å². The van der Waals surface area contributed by atoms with Crippen molar-refractivity contribution in [1.82, 2.24) is 9.80 Å².